The van der Waals surface area contributed by atoms with Gasteiger partial charge >= 0.3 is 5.69 Å². The van der Waals surface area contributed by atoms with Crippen molar-refractivity contribution >= 4 is 17.5 Å². The molecule has 166 valence electrons. The predicted octanol–water partition coefficient (Wildman–Crippen LogP) is 4.55. The summed E-state index contributed by atoms with van der Waals surface area (Å²) in [6.07, 6.45) is 0. The maximum absolute atomic E-state index is 12.9. The number of carbonyl (C=O) groups is 1. The van der Waals surface area contributed by atoms with E-state index in [1.807, 2.05) is 84.9 Å². The molecule has 4 rings (SSSR count). The summed E-state index contributed by atoms with van der Waals surface area (Å²) in [7, 11) is 1.64. The molecule has 0 aliphatic carbocycles. The number of nitrogens with zero attached hydrogens (tertiary/aromatic N) is 2. The second-order valence-corrected chi connectivity index (χ2v) is 8.77. The summed E-state index contributed by atoms with van der Waals surface area (Å²) >= 11 is 1.22. The van der Waals surface area contributed by atoms with Crippen molar-refractivity contribution < 1.29 is 4.79 Å². The molecule has 0 radical (unpaired) electrons. The number of rotatable bonds is 7. The minimum absolute atomic E-state index is 0.0556. The van der Waals surface area contributed by atoms with Gasteiger partial charge in [-0.15, -0.1) is 0 Å². The molecule has 0 unspecified atom stereocenters. The molecule has 0 aliphatic heterocycles. The number of aromatic nitrogens is 2. The highest BCUT2D eigenvalue weighted by Gasteiger charge is 2.17. The van der Waals surface area contributed by atoms with Crippen LogP contribution < -0.4 is 11.2 Å². The van der Waals surface area contributed by atoms with Gasteiger partial charge in [0, 0.05) is 18.2 Å². The Morgan fingerprint density at radius 2 is 1.39 bits per heavy atom. The Morgan fingerprint density at radius 3 is 2.03 bits per heavy atom. The van der Waals surface area contributed by atoms with Crippen LogP contribution in [0.4, 0.5) is 0 Å². The third kappa shape index (κ3) is 4.91. The molecule has 0 N–H and O–H groups in total. The van der Waals surface area contributed by atoms with Crippen LogP contribution in [0.25, 0.3) is 11.1 Å². The van der Waals surface area contributed by atoms with Crippen LogP contribution in [-0.4, -0.2) is 20.7 Å². The summed E-state index contributed by atoms with van der Waals surface area (Å²) in [5, 5.41) is 0.517. The van der Waals surface area contributed by atoms with Gasteiger partial charge in [-0.05, 0) is 23.6 Å². The minimum atomic E-state index is -0.392. The second kappa shape index (κ2) is 9.88. The number of benzene rings is 3. The first-order valence-electron chi connectivity index (χ1n) is 10.6. The molecule has 0 amide bonds. The lowest BCUT2D eigenvalue weighted by Gasteiger charge is -2.14. The molecule has 33 heavy (non-hydrogen) atoms. The number of hydrogen-bond acceptors (Lipinski definition) is 4. The summed E-state index contributed by atoms with van der Waals surface area (Å²) in [6, 6.07) is 26.9. The highest BCUT2D eigenvalue weighted by atomic mass is 32.2. The lowest BCUT2D eigenvalue weighted by Crippen LogP contribution is -2.41. The monoisotopic (exact) mass is 456 g/mol. The van der Waals surface area contributed by atoms with E-state index in [2.05, 4.69) is 0 Å². The van der Waals surface area contributed by atoms with E-state index >= 15 is 0 Å². The SMILES string of the molecule is Cc1c(SCC(=O)c2ccc(-c3ccccc3)cc2)n(C)c(=O)n(Cc2ccccc2)c1=O. The Morgan fingerprint density at radius 1 is 0.818 bits per heavy atom. The molecule has 0 fully saturated rings. The molecule has 5 nitrogen and oxygen atoms in total. The van der Waals surface area contributed by atoms with Crippen LogP contribution >= 0.6 is 11.8 Å². The van der Waals surface area contributed by atoms with E-state index in [0.29, 0.717) is 16.2 Å². The molecule has 0 atom stereocenters. The summed E-state index contributed by atoms with van der Waals surface area (Å²) in [4.78, 5) is 38.6. The van der Waals surface area contributed by atoms with E-state index in [9.17, 15) is 14.4 Å². The van der Waals surface area contributed by atoms with Crippen molar-refractivity contribution in [2.24, 2.45) is 7.05 Å². The predicted molar refractivity (Wildman–Crippen MR) is 133 cm³/mol. The fourth-order valence-electron chi connectivity index (χ4n) is 3.71. The van der Waals surface area contributed by atoms with Crippen molar-refractivity contribution in [3.05, 3.63) is 122 Å². The maximum Gasteiger partial charge on any atom is 0.331 e. The first-order valence-corrected chi connectivity index (χ1v) is 11.6. The second-order valence-electron chi connectivity index (χ2n) is 7.80. The van der Waals surface area contributed by atoms with Crippen molar-refractivity contribution in [1.82, 2.24) is 9.13 Å². The molecule has 0 spiro atoms. The number of Topliss-reactive ketones (excluding diaryl/α,β-unsaturated/α-hetero) is 1. The molecule has 3 aromatic carbocycles. The van der Waals surface area contributed by atoms with Crippen LogP contribution in [0.2, 0.25) is 0 Å². The number of thioether (sulfide) groups is 1. The van der Waals surface area contributed by atoms with Crippen molar-refractivity contribution in [2.45, 2.75) is 18.5 Å². The van der Waals surface area contributed by atoms with E-state index in [4.69, 9.17) is 0 Å². The molecule has 0 bridgehead atoms. The van der Waals surface area contributed by atoms with Crippen LogP contribution in [0.5, 0.6) is 0 Å². The minimum Gasteiger partial charge on any atom is -0.293 e. The average molecular weight is 457 g/mol. The lowest BCUT2D eigenvalue weighted by molar-refractivity contribution is 0.102. The molecule has 0 saturated carbocycles. The van der Waals surface area contributed by atoms with E-state index in [1.54, 1.807) is 14.0 Å². The first-order chi connectivity index (χ1) is 16.0. The van der Waals surface area contributed by atoms with E-state index in [0.717, 1.165) is 16.7 Å². The van der Waals surface area contributed by atoms with Gasteiger partial charge in [0.05, 0.1) is 17.3 Å². The largest absolute Gasteiger partial charge is 0.331 e. The van der Waals surface area contributed by atoms with Gasteiger partial charge < -0.3 is 0 Å². The summed E-state index contributed by atoms with van der Waals surface area (Å²) in [5.41, 5.74) is 3.35. The van der Waals surface area contributed by atoms with Crippen molar-refractivity contribution in [3.8, 4) is 11.1 Å². The van der Waals surface area contributed by atoms with Crippen LogP contribution in [0.15, 0.2) is 99.5 Å². The van der Waals surface area contributed by atoms with Gasteiger partial charge in [0.15, 0.2) is 5.78 Å². The summed E-state index contributed by atoms with van der Waals surface area (Å²) < 4.78 is 2.69. The molecule has 0 aliphatic rings. The van der Waals surface area contributed by atoms with Crippen LogP contribution in [0.1, 0.15) is 21.5 Å². The smallest absolute Gasteiger partial charge is 0.293 e. The maximum atomic E-state index is 12.9. The molecular weight excluding hydrogens is 432 g/mol. The van der Waals surface area contributed by atoms with E-state index in [1.165, 1.54) is 20.9 Å². The zero-order chi connectivity index (χ0) is 23.4. The highest BCUT2D eigenvalue weighted by molar-refractivity contribution is 8.00. The summed E-state index contributed by atoms with van der Waals surface area (Å²) in [6.45, 7) is 1.91. The van der Waals surface area contributed by atoms with Gasteiger partial charge in [-0.25, -0.2) is 4.79 Å². The topological polar surface area (TPSA) is 61.1 Å². The molecule has 1 aromatic heterocycles. The number of hydrogen-bond donors (Lipinski definition) is 0. The van der Waals surface area contributed by atoms with Crippen molar-refractivity contribution in [3.63, 3.8) is 0 Å². The van der Waals surface area contributed by atoms with Crippen LogP contribution in [0, 0.1) is 6.92 Å². The van der Waals surface area contributed by atoms with Gasteiger partial charge in [-0.2, -0.15) is 0 Å². The highest BCUT2D eigenvalue weighted by Crippen LogP contribution is 2.22. The van der Waals surface area contributed by atoms with Gasteiger partial charge in [0.1, 0.15) is 0 Å². The van der Waals surface area contributed by atoms with Crippen LogP contribution in [-0.2, 0) is 13.6 Å². The zero-order valence-corrected chi connectivity index (χ0v) is 19.3. The van der Waals surface area contributed by atoms with Gasteiger partial charge in [-0.3, -0.25) is 18.7 Å². The average Bonchev–Trinajstić information content (AvgIpc) is 2.86. The Hall–Kier alpha value is -3.64. The Bertz CT molecular complexity index is 1350. The fraction of sp³-hybridized carbons (Fsp3) is 0.148. The van der Waals surface area contributed by atoms with Gasteiger partial charge in [0.25, 0.3) is 5.56 Å². The standard InChI is InChI=1S/C27H24N2O3S/c1-19-25(31)29(17-20-9-5-3-6-10-20)27(32)28(2)26(19)33-18-24(30)23-15-13-22(14-16-23)21-11-7-4-8-12-21/h3-16H,17-18H2,1-2H3. The van der Waals surface area contributed by atoms with E-state index in [-0.39, 0.29) is 23.6 Å². The summed E-state index contributed by atoms with van der Waals surface area (Å²) in [5.74, 6) is 0.0842. The molecule has 1 heterocycles. The normalized spacial score (nSPS) is 10.8. The third-order valence-corrected chi connectivity index (χ3v) is 6.81. The quantitative estimate of drug-likeness (QED) is 0.233. The lowest BCUT2D eigenvalue weighted by atomic mass is 10.0. The molecular formula is C27H24N2O3S. The Kier molecular flexibility index (Phi) is 6.75. The fourth-order valence-corrected chi connectivity index (χ4v) is 4.72. The first kappa shape index (κ1) is 22.6. The number of ketones is 1. The Labute approximate surface area is 196 Å². The van der Waals surface area contributed by atoms with Crippen molar-refractivity contribution in [1.29, 1.82) is 0 Å². The van der Waals surface area contributed by atoms with E-state index < -0.39 is 5.69 Å². The van der Waals surface area contributed by atoms with Gasteiger partial charge in [0.2, 0.25) is 0 Å². The third-order valence-electron chi connectivity index (χ3n) is 5.55. The molecule has 4 aromatic rings. The van der Waals surface area contributed by atoms with Crippen LogP contribution in [0.3, 0.4) is 0 Å². The Balaban J connectivity index is 1.52. The zero-order valence-electron chi connectivity index (χ0n) is 18.5. The van der Waals surface area contributed by atoms with Gasteiger partial charge in [-0.1, -0.05) is 96.7 Å². The molecule has 0 saturated heterocycles. The molecule has 6 heteroatoms. The number of carbonyl (C=O) groups excluding carboxylic acids is 1. The van der Waals surface area contributed by atoms with Crippen molar-refractivity contribution in [2.75, 3.05) is 5.75 Å².